The van der Waals surface area contributed by atoms with Crippen LogP contribution >= 0.6 is 0 Å². The summed E-state index contributed by atoms with van der Waals surface area (Å²) < 4.78 is 5.19. The Morgan fingerprint density at radius 2 is 2.45 bits per heavy atom. The van der Waals surface area contributed by atoms with E-state index in [4.69, 9.17) is 4.74 Å². The van der Waals surface area contributed by atoms with Crippen LogP contribution < -0.4 is 0 Å². The second kappa shape index (κ2) is 1.26. The lowest BCUT2D eigenvalue weighted by Crippen LogP contribution is -2.42. The van der Waals surface area contributed by atoms with Gasteiger partial charge in [0.25, 0.3) is 0 Å². The average molecular weight is 150 g/mol. The maximum Gasteiger partial charge on any atom is 0.310 e. The Kier molecular flexibility index (Phi) is 0.665. The van der Waals surface area contributed by atoms with Gasteiger partial charge < -0.3 is 4.74 Å². The zero-order valence-corrected chi connectivity index (χ0v) is 6.46. The first-order valence-corrected chi connectivity index (χ1v) is 4.05. The van der Waals surface area contributed by atoms with Gasteiger partial charge in [0, 0.05) is 5.41 Å². The summed E-state index contributed by atoms with van der Waals surface area (Å²) in [5.74, 6) is 0.646. The molecule has 1 saturated heterocycles. The Morgan fingerprint density at radius 3 is 2.91 bits per heavy atom. The zero-order valence-electron chi connectivity index (χ0n) is 6.46. The van der Waals surface area contributed by atoms with E-state index in [1.165, 1.54) is 5.57 Å². The summed E-state index contributed by atoms with van der Waals surface area (Å²) in [5, 5.41) is 0. The van der Waals surface area contributed by atoms with Gasteiger partial charge in [0.1, 0.15) is 6.10 Å². The van der Waals surface area contributed by atoms with E-state index in [-0.39, 0.29) is 23.4 Å². The van der Waals surface area contributed by atoms with Crippen LogP contribution in [0.4, 0.5) is 0 Å². The Morgan fingerprint density at radius 1 is 1.73 bits per heavy atom. The summed E-state index contributed by atoms with van der Waals surface area (Å²) >= 11 is 0. The molecule has 2 heteroatoms. The first kappa shape index (κ1) is 5.81. The standard InChI is InChI=1S/C9H10O2/c1-4-5-3-6-9(4,2)7(5)8(10)11-6/h5-7H,1,3H2,2H3/t5-,6?,7+,9?/m0/s1. The number of ether oxygens (including phenoxy) is 1. The van der Waals surface area contributed by atoms with Gasteiger partial charge in [-0.2, -0.15) is 0 Å². The van der Waals surface area contributed by atoms with Crippen LogP contribution in [0, 0.1) is 17.3 Å². The number of hydrogen-bond donors (Lipinski definition) is 0. The van der Waals surface area contributed by atoms with Gasteiger partial charge in [-0.3, -0.25) is 4.79 Å². The lowest BCUT2D eigenvalue weighted by atomic mass is 9.59. The predicted octanol–water partition coefficient (Wildman–Crippen LogP) is 1.12. The topological polar surface area (TPSA) is 26.3 Å². The quantitative estimate of drug-likeness (QED) is 0.382. The summed E-state index contributed by atoms with van der Waals surface area (Å²) in [6, 6.07) is 0. The second-order valence-corrected chi connectivity index (χ2v) is 4.05. The Bertz CT molecular complexity index is 281. The van der Waals surface area contributed by atoms with Crippen molar-refractivity contribution in [3.63, 3.8) is 0 Å². The first-order valence-electron chi connectivity index (χ1n) is 4.05. The molecule has 4 bridgehead atoms. The maximum absolute atomic E-state index is 11.2. The smallest absolute Gasteiger partial charge is 0.310 e. The molecule has 1 heterocycles. The van der Waals surface area contributed by atoms with E-state index >= 15 is 0 Å². The molecule has 11 heavy (non-hydrogen) atoms. The van der Waals surface area contributed by atoms with E-state index < -0.39 is 0 Å². The van der Waals surface area contributed by atoms with Crippen molar-refractivity contribution < 1.29 is 9.53 Å². The van der Waals surface area contributed by atoms with Crippen molar-refractivity contribution in [3.8, 4) is 0 Å². The summed E-state index contributed by atoms with van der Waals surface area (Å²) in [5.41, 5.74) is 1.28. The number of esters is 1. The third-order valence-electron chi connectivity index (χ3n) is 3.84. The molecule has 3 saturated carbocycles. The molecule has 0 N–H and O–H groups in total. The van der Waals surface area contributed by atoms with E-state index in [9.17, 15) is 4.79 Å². The van der Waals surface area contributed by atoms with E-state index in [1.807, 2.05) is 0 Å². The average Bonchev–Trinajstić information content (AvgIpc) is 2.45. The van der Waals surface area contributed by atoms with Crippen LogP contribution in [0.25, 0.3) is 0 Å². The molecule has 0 aromatic rings. The molecular formula is C9H10O2. The molecule has 4 fully saturated rings. The van der Waals surface area contributed by atoms with Crippen LogP contribution in [0.3, 0.4) is 0 Å². The molecule has 3 aliphatic carbocycles. The molecule has 2 unspecified atom stereocenters. The highest BCUT2D eigenvalue weighted by atomic mass is 16.6. The Labute approximate surface area is 65.2 Å². The summed E-state index contributed by atoms with van der Waals surface area (Å²) in [6.07, 6.45) is 1.20. The molecule has 2 nitrogen and oxygen atoms in total. The number of carbonyl (C=O) groups excluding carboxylic acids is 1. The Hall–Kier alpha value is -0.790. The Balaban J connectivity index is 2.18. The third-order valence-corrected chi connectivity index (χ3v) is 3.84. The molecule has 58 valence electrons. The van der Waals surface area contributed by atoms with E-state index in [1.54, 1.807) is 0 Å². The highest BCUT2D eigenvalue weighted by Crippen LogP contribution is 2.70. The monoisotopic (exact) mass is 150 g/mol. The van der Waals surface area contributed by atoms with Crippen molar-refractivity contribution in [1.29, 1.82) is 0 Å². The third kappa shape index (κ3) is 0.346. The van der Waals surface area contributed by atoms with Crippen LogP contribution in [-0.2, 0) is 9.53 Å². The number of rotatable bonds is 0. The van der Waals surface area contributed by atoms with E-state index in [2.05, 4.69) is 13.5 Å². The van der Waals surface area contributed by atoms with Crippen molar-refractivity contribution in [1.82, 2.24) is 0 Å². The number of hydrogen-bond acceptors (Lipinski definition) is 2. The van der Waals surface area contributed by atoms with E-state index in [0.717, 1.165) is 6.42 Å². The molecule has 4 atom stereocenters. The van der Waals surface area contributed by atoms with Crippen LogP contribution in [0.1, 0.15) is 13.3 Å². The fraction of sp³-hybridized carbons (Fsp3) is 0.667. The van der Waals surface area contributed by atoms with Gasteiger partial charge in [0.2, 0.25) is 0 Å². The SMILES string of the molecule is C=C1[C@@H]2CC3OC(=O)[C@@H]2C13C. The normalized spacial score (nSPS) is 57.7. The minimum atomic E-state index is 0.0150. The minimum Gasteiger partial charge on any atom is -0.461 e. The van der Waals surface area contributed by atoms with Crippen LogP contribution in [0.5, 0.6) is 0 Å². The zero-order chi connectivity index (χ0) is 7.80. The van der Waals surface area contributed by atoms with Crippen LogP contribution in [0.2, 0.25) is 0 Å². The van der Waals surface area contributed by atoms with Crippen LogP contribution in [0.15, 0.2) is 12.2 Å². The van der Waals surface area contributed by atoms with Crippen LogP contribution in [-0.4, -0.2) is 12.1 Å². The molecule has 0 spiro atoms. The first-order chi connectivity index (χ1) is 5.15. The van der Waals surface area contributed by atoms with Gasteiger partial charge >= 0.3 is 5.97 Å². The van der Waals surface area contributed by atoms with Crippen molar-refractivity contribution >= 4 is 5.97 Å². The molecule has 0 amide bonds. The molecule has 1 aliphatic heterocycles. The molecule has 4 rings (SSSR count). The van der Waals surface area contributed by atoms with Gasteiger partial charge in [0.15, 0.2) is 0 Å². The lowest BCUT2D eigenvalue weighted by Gasteiger charge is -2.40. The summed E-state index contributed by atoms with van der Waals surface area (Å²) in [4.78, 5) is 11.2. The maximum atomic E-state index is 11.2. The summed E-state index contributed by atoms with van der Waals surface area (Å²) in [7, 11) is 0. The van der Waals surface area contributed by atoms with E-state index in [0.29, 0.717) is 5.92 Å². The van der Waals surface area contributed by atoms with Crippen molar-refractivity contribution in [2.24, 2.45) is 17.3 Å². The van der Waals surface area contributed by atoms with Gasteiger partial charge in [-0.05, 0) is 12.3 Å². The lowest BCUT2D eigenvalue weighted by molar-refractivity contribution is -0.149. The van der Waals surface area contributed by atoms with Gasteiger partial charge in [-0.15, -0.1) is 0 Å². The van der Waals surface area contributed by atoms with Gasteiger partial charge in [-0.1, -0.05) is 19.1 Å². The largest absolute Gasteiger partial charge is 0.461 e. The van der Waals surface area contributed by atoms with Crippen molar-refractivity contribution in [2.45, 2.75) is 19.4 Å². The fourth-order valence-corrected chi connectivity index (χ4v) is 3.08. The van der Waals surface area contributed by atoms with Gasteiger partial charge in [0.05, 0.1) is 5.92 Å². The van der Waals surface area contributed by atoms with Crippen molar-refractivity contribution in [2.75, 3.05) is 0 Å². The highest BCUT2D eigenvalue weighted by Gasteiger charge is 2.73. The molecular weight excluding hydrogens is 140 g/mol. The number of carbonyl (C=O) groups is 1. The van der Waals surface area contributed by atoms with Gasteiger partial charge in [-0.25, -0.2) is 0 Å². The predicted molar refractivity (Wildman–Crippen MR) is 38.7 cm³/mol. The van der Waals surface area contributed by atoms with Crippen molar-refractivity contribution in [3.05, 3.63) is 12.2 Å². The summed E-state index contributed by atoms with van der Waals surface area (Å²) in [6.45, 7) is 6.11. The highest BCUT2D eigenvalue weighted by molar-refractivity contribution is 5.82. The molecule has 0 aromatic carbocycles. The molecule has 0 aromatic heterocycles. The second-order valence-electron chi connectivity index (χ2n) is 4.05. The minimum absolute atomic E-state index is 0.0150. The molecule has 0 radical (unpaired) electrons. The fourth-order valence-electron chi connectivity index (χ4n) is 3.08. The molecule has 4 aliphatic rings.